The van der Waals surface area contributed by atoms with Crippen molar-refractivity contribution in [2.45, 2.75) is 26.8 Å². The van der Waals surface area contributed by atoms with E-state index >= 15 is 0 Å². The summed E-state index contributed by atoms with van der Waals surface area (Å²) < 4.78 is 13.5. The van der Waals surface area contributed by atoms with Crippen LogP contribution in [-0.2, 0) is 4.79 Å². The Kier molecular flexibility index (Phi) is 4.94. The van der Waals surface area contributed by atoms with Gasteiger partial charge in [0, 0.05) is 5.02 Å². The molecule has 0 aromatic heterocycles. The summed E-state index contributed by atoms with van der Waals surface area (Å²) in [5.74, 6) is -1.86. The lowest BCUT2D eigenvalue weighted by Crippen LogP contribution is -2.50. The number of urea groups is 1. The van der Waals surface area contributed by atoms with Crippen molar-refractivity contribution in [2.75, 3.05) is 5.32 Å². The summed E-state index contributed by atoms with van der Waals surface area (Å²) in [5, 5.41) is 13.8. The van der Waals surface area contributed by atoms with Crippen LogP contribution < -0.4 is 10.6 Å². The number of carboxylic acid groups (broad SMARTS) is 1. The van der Waals surface area contributed by atoms with E-state index in [4.69, 9.17) is 16.7 Å². The molecule has 2 amide bonds. The minimum absolute atomic E-state index is 0.0788. The van der Waals surface area contributed by atoms with E-state index in [0.29, 0.717) is 0 Å². The molecule has 0 unspecified atom stereocenters. The second-order valence-electron chi connectivity index (χ2n) is 5.36. The third kappa shape index (κ3) is 4.38. The predicted octanol–water partition coefficient (Wildman–Crippen LogP) is 3.10. The maximum absolute atomic E-state index is 13.5. The van der Waals surface area contributed by atoms with Gasteiger partial charge in [0.2, 0.25) is 0 Å². The quantitative estimate of drug-likeness (QED) is 0.803. The SMILES string of the molecule is CC(C)(C)[C@@H](NC(=O)Nc1ccc(Cl)cc1F)C(=O)O. The maximum Gasteiger partial charge on any atom is 0.326 e. The largest absolute Gasteiger partial charge is 0.480 e. The molecule has 3 N–H and O–H groups in total. The number of halogens is 2. The number of benzene rings is 1. The second-order valence-corrected chi connectivity index (χ2v) is 5.80. The van der Waals surface area contributed by atoms with Gasteiger partial charge in [-0.3, -0.25) is 0 Å². The molecule has 0 bridgehead atoms. The van der Waals surface area contributed by atoms with Gasteiger partial charge in [0.15, 0.2) is 0 Å². The molecule has 1 rings (SSSR count). The summed E-state index contributed by atoms with van der Waals surface area (Å²) in [6.45, 7) is 5.03. The van der Waals surface area contributed by atoms with Crippen LogP contribution in [0.2, 0.25) is 5.02 Å². The topological polar surface area (TPSA) is 78.4 Å². The summed E-state index contributed by atoms with van der Waals surface area (Å²) in [4.78, 5) is 22.8. The van der Waals surface area contributed by atoms with Gasteiger partial charge in [-0.1, -0.05) is 32.4 Å². The fraction of sp³-hybridized carbons (Fsp3) is 0.385. The first kappa shape index (κ1) is 16.2. The van der Waals surface area contributed by atoms with E-state index in [-0.39, 0.29) is 10.7 Å². The smallest absolute Gasteiger partial charge is 0.326 e. The normalized spacial score (nSPS) is 12.7. The molecule has 0 saturated carbocycles. The number of aliphatic carboxylic acids is 1. The standard InChI is InChI=1S/C13H16ClFN2O3/c1-13(2,3)10(11(18)19)17-12(20)16-9-5-4-7(14)6-8(9)15/h4-6,10H,1-3H3,(H,18,19)(H2,16,17,20)/t10-/m0/s1. The molecule has 0 fully saturated rings. The number of carbonyl (C=O) groups is 2. The average Bonchev–Trinajstić information content (AvgIpc) is 2.28. The second kappa shape index (κ2) is 6.09. The summed E-state index contributed by atoms with van der Waals surface area (Å²) >= 11 is 5.59. The number of carbonyl (C=O) groups excluding carboxylic acids is 1. The van der Waals surface area contributed by atoms with E-state index in [1.165, 1.54) is 12.1 Å². The Hall–Kier alpha value is -1.82. The highest BCUT2D eigenvalue weighted by molar-refractivity contribution is 6.30. The Morgan fingerprint density at radius 2 is 1.95 bits per heavy atom. The molecular weight excluding hydrogens is 287 g/mol. The third-order valence-corrected chi connectivity index (χ3v) is 2.80. The van der Waals surface area contributed by atoms with Crippen LogP contribution in [0.5, 0.6) is 0 Å². The number of anilines is 1. The lowest BCUT2D eigenvalue weighted by molar-refractivity contribution is -0.141. The summed E-state index contributed by atoms with van der Waals surface area (Å²) in [6.07, 6.45) is 0. The van der Waals surface area contributed by atoms with Gasteiger partial charge in [0.25, 0.3) is 0 Å². The van der Waals surface area contributed by atoms with Gasteiger partial charge in [-0.15, -0.1) is 0 Å². The first-order valence-electron chi connectivity index (χ1n) is 5.86. The molecule has 1 atom stereocenters. The van der Waals surface area contributed by atoms with Crippen molar-refractivity contribution < 1.29 is 19.1 Å². The van der Waals surface area contributed by atoms with Crippen LogP contribution in [0.25, 0.3) is 0 Å². The molecule has 0 spiro atoms. The molecule has 20 heavy (non-hydrogen) atoms. The Morgan fingerprint density at radius 3 is 2.40 bits per heavy atom. The minimum Gasteiger partial charge on any atom is -0.480 e. The van der Waals surface area contributed by atoms with Crippen molar-refractivity contribution in [1.82, 2.24) is 5.32 Å². The third-order valence-electron chi connectivity index (χ3n) is 2.57. The van der Waals surface area contributed by atoms with Gasteiger partial charge in [-0.25, -0.2) is 14.0 Å². The Bertz CT molecular complexity index is 529. The lowest BCUT2D eigenvalue weighted by Gasteiger charge is -2.27. The van der Waals surface area contributed by atoms with Crippen LogP contribution in [0.1, 0.15) is 20.8 Å². The van der Waals surface area contributed by atoms with Crippen molar-refractivity contribution in [3.63, 3.8) is 0 Å². The summed E-state index contributed by atoms with van der Waals surface area (Å²) in [6, 6.07) is 1.87. The fourth-order valence-corrected chi connectivity index (χ4v) is 1.69. The van der Waals surface area contributed by atoms with Crippen molar-refractivity contribution in [3.8, 4) is 0 Å². The molecular formula is C13H16ClFN2O3. The van der Waals surface area contributed by atoms with E-state index < -0.39 is 29.3 Å². The Balaban J connectivity index is 2.79. The summed E-state index contributed by atoms with van der Waals surface area (Å²) in [7, 11) is 0. The number of nitrogens with one attached hydrogen (secondary N) is 2. The van der Waals surface area contributed by atoms with Crippen molar-refractivity contribution >= 4 is 29.3 Å². The minimum atomic E-state index is -1.16. The molecule has 0 aliphatic carbocycles. The number of carboxylic acids is 1. The molecule has 0 heterocycles. The molecule has 1 aromatic rings. The lowest BCUT2D eigenvalue weighted by atomic mass is 9.87. The first-order chi connectivity index (χ1) is 9.11. The zero-order valence-electron chi connectivity index (χ0n) is 11.3. The van der Waals surface area contributed by atoms with Crippen LogP contribution in [0, 0.1) is 11.2 Å². The molecule has 0 saturated heterocycles. The maximum atomic E-state index is 13.5. The van der Waals surface area contributed by atoms with Gasteiger partial charge >= 0.3 is 12.0 Å². The fourth-order valence-electron chi connectivity index (χ4n) is 1.53. The molecule has 110 valence electrons. The Labute approximate surface area is 121 Å². The zero-order chi connectivity index (χ0) is 15.5. The highest BCUT2D eigenvalue weighted by atomic mass is 35.5. The molecule has 5 nitrogen and oxygen atoms in total. The van der Waals surface area contributed by atoms with Crippen LogP contribution >= 0.6 is 11.6 Å². The van der Waals surface area contributed by atoms with Crippen molar-refractivity contribution in [2.24, 2.45) is 5.41 Å². The van der Waals surface area contributed by atoms with E-state index in [0.717, 1.165) is 6.07 Å². The van der Waals surface area contributed by atoms with Crippen molar-refractivity contribution in [3.05, 3.63) is 29.0 Å². The average molecular weight is 303 g/mol. The van der Waals surface area contributed by atoms with Gasteiger partial charge in [0.05, 0.1) is 5.69 Å². The Morgan fingerprint density at radius 1 is 1.35 bits per heavy atom. The monoisotopic (exact) mass is 302 g/mol. The van der Waals surface area contributed by atoms with E-state index in [9.17, 15) is 14.0 Å². The van der Waals surface area contributed by atoms with Crippen LogP contribution in [-0.4, -0.2) is 23.1 Å². The van der Waals surface area contributed by atoms with Gasteiger partial charge in [-0.05, 0) is 23.6 Å². The molecule has 0 aliphatic rings. The number of amides is 2. The van der Waals surface area contributed by atoms with Gasteiger partial charge in [0.1, 0.15) is 11.9 Å². The van der Waals surface area contributed by atoms with Crippen LogP contribution in [0.15, 0.2) is 18.2 Å². The molecule has 1 aromatic carbocycles. The number of hydrogen-bond donors (Lipinski definition) is 3. The van der Waals surface area contributed by atoms with Gasteiger partial charge < -0.3 is 15.7 Å². The predicted molar refractivity (Wildman–Crippen MR) is 74.4 cm³/mol. The van der Waals surface area contributed by atoms with Crippen molar-refractivity contribution in [1.29, 1.82) is 0 Å². The van der Waals surface area contributed by atoms with E-state index in [1.54, 1.807) is 20.8 Å². The van der Waals surface area contributed by atoms with Crippen LogP contribution in [0.3, 0.4) is 0 Å². The highest BCUT2D eigenvalue weighted by Gasteiger charge is 2.32. The zero-order valence-corrected chi connectivity index (χ0v) is 12.1. The highest BCUT2D eigenvalue weighted by Crippen LogP contribution is 2.21. The van der Waals surface area contributed by atoms with E-state index in [2.05, 4.69) is 10.6 Å². The molecule has 0 radical (unpaired) electrons. The first-order valence-corrected chi connectivity index (χ1v) is 6.24. The van der Waals surface area contributed by atoms with Crippen LogP contribution in [0.4, 0.5) is 14.9 Å². The number of hydrogen-bond acceptors (Lipinski definition) is 2. The molecule has 7 heteroatoms. The molecule has 0 aliphatic heterocycles. The summed E-state index contributed by atoms with van der Waals surface area (Å²) in [5.41, 5.74) is -0.758. The number of rotatable bonds is 3. The van der Waals surface area contributed by atoms with E-state index in [1.807, 2.05) is 0 Å². The van der Waals surface area contributed by atoms with Gasteiger partial charge in [-0.2, -0.15) is 0 Å².